The summed E-state index contributed by atoms with van der Waals surface area (Å²) < 4.78 is 34.2. The second-order valence-corrected chi connectivity index (χ2v) is 8.71. The number of rotatable bonds is 7. The molecule has 6 rings (SSSR count). The average Bonchev–Trinajstić information content (AvgIpc) is 3.37. The summed E-state index contributed by atoms with van der Waals surface area (Å²) in [6.45, 7) is 5.30. The summed E-state index contributed by atoms with van der Waals surface area (Å²) in [5.41, 5.74) is 0.851. The molecule has 0 amide bonds. The largest absolute Gasteiger partial charge is 0.493 e. The van der Waals surface area contributed by atoms with Gasteiger partial charge in [0.2, 0.25) is 12.7 Å². The molecule has 0 radical (unpaired) electrons. The molecule has 2 aliphatic rings. The average molecular weight is 477 g/mol. The van der Waals surface area contributed by atoms with Crippen LogP contribution in [0.5, 0.6) is 28.9 Å². The van der Waals surface area contributed by atoms with Crippen LogP contribution >= 0.6 is 0 Å². The van der Waals surface area contributed by atoms with E-state index in [1.807, 2.05) is 24.3 Å². The lowest BCUT2D eigenvalue weighted by Crippen LogP contribution is -2.37. The summed E-state index contributed by atoms with van der Waals surface area (Å²) in [4.78, 5) is 7.43. The quantitative estimate of drug-likeness (QED) is 0.287. The molecule has 0 aliphatic carbocycles. The molecule has 182 valence electrons. The molecular weight excluding hydrogens is 448 g/mol. The van der Waals surface area contributed by atoms with Crippen LogP contribution in [0.25, 0.3) is 32.4 Å². The van der Waals surface area contributed by atoms with Gasteiger partial charge in [-0.15, -0.1) is 0 Å². The van der Waals surface area contributed by atoms with Crippen molar-refractivity contribution in [3.8, 4) is 28.9 Å². The summed E-state index contributed by atoms with van der Waals surface area (Å²) in [5, 5.41) is 4.92. The molecule has 3 heterocycles. The molecule has 35 heavy (non-hydrogen) atoms. The molecule has 0 unspecified atom stereocenters. The normalized spacial score (nSPS) is 15.7. The highest BCUT2D eigenvalue weighted by atomic mass is 16.7. The van der Waals surface area contributed by atoms with Gasteiger partial charge >= 0.3 is 0 Å². The van der Waals surface area contributed by atoms with Gasteiger partial charge in [-0.25, -0.2) is 4.98 Å². The van der Waals surface area contributed by atoms with Crippen LogP contribution in [0.1, 0.15) is 6.42 Å². The van der Waals surface area contributed by atoms with E-state index in [2.05, 4.69) is 17.0 Å². The van der Waals surface area contributed by atoms with Gasteiger partial charge in [0.15, 0.2) is 23.0 Å². The highest BCUT2D eigenvalue weighted by Crippen LogP contribution is 2.43. The van der Waals surface area contributed by atoms with Crippen LogP contribution in [0.2, 0.25) is 0 Å². The molecule has 0 atom stereocenters. The first kappa shape index (κ1) is 22.0. The highest BCUT2D eigenvalue weighted by Gasteiger charge is 2.20. The third-order valence-corrected chi connectivity index (χ3v) is 6.70. The van der Waals surface area contributed by atoms with E-state index in [1.54, 1.807) is 14.2 Å². The van der Waals surface area contributed by atoms with E-state index in [-0.39, 0.29) is 6.79 Å². The van der Waals surface area contributed by atoms with Crippen LogP contribution in [0.3, 0.4) is 0 Å². The Balaban J connectivity index is 1.44. The van der Waals surface area contributed by atoms with Gasteiger partial charge in [0.05, 0.1) is 39.6 Å². The smallest absolute Gasteiger partial charge is 0.231 e. The Morgan fingerprint density at radius 1 is 0.857 bits per heavy atom. The summed E-state index contributed by atoms with van der Waals surface area (Å²) in [6, 6.07) is 12.1. The van der Waals surface area contributed by atoms with Crippen molar-refractivity contribution in [1.82, 2.24) is 9.88 Å². The number of nitrogens with zero attached hydrogens (tertiary/aromatic N) is 2. The lowest BCUT2D eigenvalue weighted by atomic mass is 10.0. The monoisotopic (exact) mass is 476 g/mol. The molecule has 2 aliphatic heterocycles. The number of ether oxygens (including phenoxy) is 6. The zero-order chi connectivity index (χ0) is 23.8. The van der Waals surface area contributed by atoms with E-state index in [4.69, 9.17) is 33.4 Å². The van der Waals surface area contributed by atoms with Crippen molar-refractivity contribution in [2.24, 2.45) is 0 Å². The minimum Gasteiger partial charge on any atom is -0.493 e. The van der Waals surface area contributed by atoms with E-state index in [1.165, 1.54) is 0 Å². The van der Waals surface area contributed by atoms with Gasteiger partial charge in [-0.1, -0.05) is 12.1 Å². The number of aromatic nitrogens is 1. The molecule has 8 nitrogen and oxygen atoms in total. The summed E-state index contributed by atoms with van der Waals surface area (Å²) in [6.07, 6.45) is 0.905. The Morgan fingerprint density at radius 3 is 2.37 bits per heavy atom. The van der Waals surface area contributed by atoms with Gasteiger partial charge in [-0.3, -0.25) is 4.90 Å². The third-order valence-electron chi connectivity index (χ3n) is 6.70. The molecule has 1 fully saturated rings. The predicted octanol–water partition coefficient (Wildman–Crippen LogP) is 4.39. The van der Waals surface area contributed by atoms with E-state index in [0.29, 0.717) is 24.0 Å². The number of hydrogen-bond donors (Lipinski definition) is 0. The fourth-order valence-electron chi connectivity index (χ4n) is 4.87. The Labute approximate surface area is 203 Å². The maximum absolute atomic E-state index is 6.31. The van der Waals surface area contributed by atoms with Crippen LogP contribution in [0, 0.1) is 0 Å². The van der Waals surface area contributed by atoms with E-state index in [9.17, 15) is 0 Å². The van der Waals surface area contributed by atoms with Gasteiger partial charge in [0.25, 0.3) is 0 Å². The third kappa shape index (κ3) is 4.02. The number of fused-ring (bicyclic) bond motifs is 6. The minimum atomic E-state index is 0.231. The van der Waals surface area contributed by atoms with Crippen molar-refractivity contribution in [2.75, 3.05) is 60.5 Å². The van der Waals surface area contributed by atoms with Gasteiger partial charge < -0.3 is 28.4 Å². The Bertz CT molecular complexity index is 1400. The SMILES string of the molecule is COc1cc2c(OCCCN3CCOCC3)nc3c4cc5c(cc4ccc3c2cc1OC)OCO5. The zero-order valence-corrected chi connectivity index (χ0v) is 20.0. The Morgan fingerprint density at radius 2 is 1.60 bits per heavy atom. The Hall–Kier alpha value is -3.49. The van der Waals surface area contributed by atoms with Crippen molar-refractivity contribution in [1.29, 1.82) is 0 Å². The first-order valence-corrected chi connectivity index (χ1v) is 11.9. The molecule has 0 bridgehead atoms. The number of morpholine rings is 1. The maximum atomic E-state index is 6.31. The first-order valence-electron chi connectivity index (χ1n) is 11.9. The highest BCUT2D eigenvalue weighted by molar-refractivity contribution is 6.17. The van der Waals surface area contributed by atoms with Crippen LogP contribution < -0.4 is 23.7 Å². The molecule has 1 aromatic heterocycles. The van der Waals surface area contributed by atoms with Gasteiger partial charge in [0, 0.05) is 41.2 Å². The van der Waals surface area contributed by atoms with E-state index in [0.717, 1.165) is 83.2 Å². The topological polar surface area (TPSA) is 71.5 Å². The number of hydrogen-bond acceptors (Lipinski definition) is 8. The van der Waals surface area contributed by atoms with Crippen LogP contribution in [0.4, 0.5) is 0 Å². The molecular formula is C27H28N2O6. The predicted molar refractivity (Wildman–Crippen MR) is 133 cm³/mol. The zero-order valence-electron chi connectivity index (χ0n) is 20.0. The summed E-state index contributed by atoms with van der Waals surface area (Å²) in [5.74, 6) is 3.37. The molecule has 0 N–H and O–H groups in total. The van der Waals surface area contributed by atoms with Gasteiger partial charge in [-0.2, -0.15) is 0 Å². The molecule has 0 saturated carbocycles. The van der Waals surface area contributed by atoms with Gasteiger partial charge in [-0.05, 0) is 36.1 Å². The van der Waals surface area contributed by atoms with Crippen LogP contribution in [-0.2, 0) is 4.74 Å². The number of pyridine rings is 1. The van der Waals surface area contributed by atoms with Crippen molar-refractivity contribution in [3.63, 3.8) is 0 Å². The fourth-order valence-corrected chi connectivity index (χ4v) is 4.87. The van der Waals surface area contributed by atoms with Crippen molar-refractivity contribution >= 4 is 32.4 Å². The van der Waals surface area contributed by atoms with E-state index >= 15 is 0 Å². The standard InChI is InChI=1S/C27H28N2O6/c1-30-22-14-20-18-5-4-17-12-24-25(35-16-34-24)13-19(17)26(18)28-27(21(20)15-23(22)31-2)33-9-3-6-29-7-10-32-11-8-29/h4-5,12-15H,3,6-11,16H2,1-2H3. The van der Waals surface area contributed by atoms with Crippen molar-refractivity contribution < 1.29 is 28.4 Å². The molecule has 3 aromatic carbocycles. The summed E-state index contributed by atoms with van der Waals surface area (Å²) in [7, 11) is 3.28. The van der Waals surface area contributed by atoms with Crippen molar-refractivity contribution in [2.45, 2.75) is 6.42 Å². The molecule has 8 heteroatoms. The fraction of sp³-hybridized carbons (Fsp3) is 0.370. The van der Waals surface area contributed by atoms with E-state index < -0.39 is 0 Å². The second-order valence-electron chi connectivity index (χ2n) is 8.71. The van der Waals surface area contributed by atoms with Crippen molar-refractivity contribution in [3.05, 3.63) is 36.4 Å². The number of benzene rings is 3. The summed E-state index contributed by atoms with van der Waals surface area (Å²) >= 11 is 0. The van der Waals surface area contributed by atoms with Crippen LogP contribution in [0.15, 0.2) is 36.4 Å². The first-order chi connectivity index (χ1) is 17.2. The lowest BCUT2D eigenvalue weighted by molar-refractivity contribution is 0.0357. The second kappa shape index (κ2) is 9.28. The molecule has 0 spiro atoms. The maximum Gasteiger partial charge on any atom is 0.231 e. The molecule has 1 saturated heterocycles. The van der Waals surface area contributed by atoms with Crippen LogP contribution in [-0.4, -0.2) is 70.4 Å². The number of methoxy groups -OCH3 is 2. The Kier molecular flexibility index (Phi) is 5.83. The molecule has 4 aromatic rings. The van der Waals surface area contributed by atoms with Gasteiger partial charge in [0.1, 0.15) is 0 Å². The lowest BCUT2D eigenvalue weighted by Gasteiger charge is -2.26. The minimum absolute atomic E-state index is 0.231.